The molecular weight excluding hydrogens is 346 g/mol. The van der Waals surface area contributed by atoms with Crippen molar-refractivity contribution >= 4 is 17.7 Å². The van der Waals surface area contributed by atoms with Gasteiger partial charge in [-0.05, 0) is 29.7 Å². The minimum Gasteiger partial charge on any atom is -0.493 e. The van der Waals surface area contributed by atoms with Crippen LogP contribution in [-0.2, 0) is 10.5 Å². The summed E-state index contributed by atoms with van der Waals surface area (Å²) in [4.78, 5) is 12.3. The molecule has 0 aromatic heterocycles. The predicted molar refractivity (Wildman–Crippen MR) is 108 cm³/mol. The standard InChI is InChI=1S/C21H27NO3S/c1-4-18(17-10-11-19(24-2)20(14-17)25-3)22-21(23)12-13-26-15-16-8-6-5-7-9-16/h5-11,14,18H,4,12-13,15H2,1-3H3,(H,22,23). The van der Waals surface area contributed by atoms with Crippen molar-refractivity contribution in [1.29, 1.82) is 0 Å². The van der Waals surface area contributed by atoms with Gasteiger partial charge in [-0.15, -0.1) is 0 Å². The van der Waals surface area contributed by atoms with Crippen molar-refractivity contribution < 1.29 is 14.3 Å². The van der Waals surface area contributed by atoms with Gasteiger partial charge in [0.1, 0.15) is 0 Å². The Kier molecular flexibility index (Phi) is 8.35. The first-order valence-corrected chi connectivity index (χ1v) is 9.96. The molecule has 0 radical (unpaired) electrons. The largest absolute Gasteiger partial charge is 0.493 e. The molecule has 1 N–H and O–H groups in total. The Balaban J connectivity index is 1.84. The van der Waals surface area contributed by atoms with E-state index in [1.54, 1.807) is 26.0 Å². The molecule has 0 heterocycles. The normalized spacial score (nSPS) is 11.7. The first kappa shape index (κ1) is 20.2. The van der Waals surface area contributed by atoms with Crippen molar-refractivity contribution in [3.63, 3.8) is 0 Å². The number of rotatable bonds is 10. The molecule has 0 aliphatic carbocycles. The number of carbonyl (C=O) groups excluding carboxylic acids is 1. The summed E-state index contributed by atoms with van der Waals surface area (Å²) in [6.07, 6.45) is 1.33. The molecule has 5 heteroatoms. The molecule has 1 amide bonds. The molecule has 2 aromatic carbocycles. The number of thioether (sulfide) groups is 1. The maximum Gasteiger partial charge on any atom is 0.221 e. The highest BCUT2D eigenvalue weighted by atomic mass is 32.2. The number of ether oxygens (including phenoxy) is 2. The van der Waals surface area contributed by atoms with Crippen LogP contribution in [0.2, 0.25) is 0 Å². The van der Waals surface area contributed by atoms with E-state index in [9.17, 15) is 4.79 Å². The molecule has 26 heavy (non-hydrogen) atoms. The topological polar surface area (TPSA) is 47.6 Å². The Morgan fingerprint density at radius 3 is 2.46 bits per heavy atom. The highest BCUT2D eigenvalue weighted by Crippen LogP contribution is 2.30. The molecule has 2 aromatic rings. The van der Waals surface area contributed by atoms with Gasteiger partial charge in [0.05, 0.1) is 20.3 Å². The van der Waals surface area contributed by atoms with Crippen molar-refractivity contribution in [1.82, 2.24) is 5.32 Å². The highest BCUT2D eigenvalue weighted by molar-refractivity contribution is 7.98. The van der Waals surface area contributed by atoms with E-state index < -0.39 is 0 Å². The Morgan fingerprint density at radius 2 is 1.81 bits per heavy atom. The third-order valence-electron chi connectivity index (χ3n) is 4.14. The minimum absolute atomic E-state index is 0.0265. The molecular formula is C21H27NO3S. The Bertz CT molecular complexity index is 691. The van der Waals surface area contributed by atoms with Crippen LogP contribution in [0.4, 0.5) is 0 Å². The average molecular weight is 374 g/mol. The monoisotopic (exact) mass is 373 g/mol. The zero-order chi connectivity index (χ0) is 18.8. The maximum atomic E-state index is 12.3. The fourth-order valence-corrected chi connectivity index (χ4v) is 3.59. The zero-order valence-electron chi connectivity index (χ0n) is 15.7. The molecule has 0 bridgehead atoms. The van der Waals surface area contributed by atoms with Crippen LogP contribution in [0.15, 0.2) is 48.5 Å². The lowest BCUT2D eigenvalue weighted by Gasteiger charge is -2.19. The number of hydrogen-bond acceptors (Lipinski definition) is 4. The van der Waals surface area contributed by atoms with Gasteiger partial charge >= 0.3 is 0 Å². The predicted octanol–water partition coefficient (Wildman–Crippen LogP) is 4.59. The van der Waals surface area contributed by atoms with Crippen LogP contribution >= 0.6 is 11.8 Å². The smallest absolute Gasteiger partial charge is 0.221 e. The molecule has 0 fully saturated rings. The summed E-state index contributed by atoms with van der Waals surface area (Å²) in [5, 5.41) is 3.12. The van der Waals surface area contributed by atoms with E-state index in [-0.39, 0.29) is 11.9 Å². The third kappa shape index (κ3) is 5.99. The van der Waals surface area contributed by atoms with E-state index in [2.05, 4.69) is 24.4 Å². The number of carbonyl (C=O) groups is 1. The van der Waals surface area contributed by atoms with Gasteiger partial charge in [0, 0.05) is 17.9 Å². The molecule has 0 saturated carbocycles. The second-order valence-corrected chi connectivity index (χ2v) is 7.04. The second-order valence-electron chi connectivity index (χ2n) is 5.93. The fraction of sp³-hybridized carbons (Fsp3) is 0.381. The first-order valence-electron chi connectivity index (χ1n) is 8.80. The van der Waals surface area contributed by atoms with Crippen LogP contribution < -0.4 is 14.8 Å². The molecule has 0 aliphatic rings. The van der Waals surface area contributed by atoms with Gasteiger partial charge in [-0.25, -0.2) is 0 Å². The first-order chi connectivity index (χ1) is 12.7. The van der Waals surface area contributed by atoms with Gasteiger partial charge in [-0.3, -0.25) is 4.79 Å². The van der Waals surface area contributed by atoms with Crippen molar-refractivity contribution in [2.75, 3.05) is 20.0 Å². The number of amides is 1. The summed E-state index contributed by atoms with van der Waals surface area (Å²) in [6.45, 7) is 2.06. The van der Waals surface area contributed by atoms with E-state index in [0.717, 1.165) is 23.5 Å². The lowest BCUT2D eigenvalue weighted by atomic mass is 10.0. The number of methoxy groups -OCH3 is 2. The number of nitrogens with one attached hydrogen (secondary N) is 1. The van der Waals surface area contributed by atoms with Gasteiger partial charge < -0.3 is 14.8 Å². The van der Waals surface area contributed by atoms with Gasteiger partial charge in [0.2, 0.25) is 5.91 Å². The molecule has 1 atom stereocenters. The minimum atomic E-state index is -0.0265. The average Bonchev–Trinajstić information content (AvgIpc) is 2.69. The molecule has 2 rings (SSSR count). The van der Waals surface area contributed by atoms with Gasteiger partial charge in [0.25, 0.3) is 0 Å². The Hall–Kier alpha value is -2.14. The van der Waals surface area contributed by atoms with Crippen LogP contribution in [0.5, 0.6) is 11.5 Å². The van der Waals surface area contributed by atoms with Crippen molar-refractivity contribution in [2.24, 2.45) is 0 Å². The Morgan fingerprint density at radius 1 is 1.08 bits per heavy atom. The van der Waals surface area contributed by atoms with E-state index in [1.807, 2.05) is 36.4 Å². The summed E-state index contributed by atoms with van der Waals surface area (Å²) in [6, 6.07) is 16.1. The van der Waals surface area contributed by atoms with Crippen LogP contribution in [0.1, 0.15) is 36.9 Å². The van der Waals surface area contributed by atoms with E-state index in [1.165, 1.54) is 5.56 Å². The molecule has 0 aliphatic heterocycles. The number of hydrogen-bond donors (Lipinski definition) is 1. The molecule has 140 valence electrons. The van der Waals surface area contributed by atoms with Crippen molar-refractivity contribution in [3.8, 4) is 11.5 Å². The van der Waals surface area contributed by atoms with Crippen LogP contribution in [-0.4, -0.2) is 25.9 Å². The third-order valence-corrected chi connectivity index (χ3v) is 5.17. The highest BCUT2D eigenvalue weighted by Gasteiger charge is 2.15. The summed E-state index contributed by atoms with van der Waals surface area (Å²) in [5.41, 5.74) is 2.31. The van der Waals surface area contributed by atoms with E-state index in [0.29, 0.717) is 17.9 Å². The zero-order valence-corrected chi connectivity index (χ0v) is 16.5. The summed E-state index contributed by atoms with van der Waals surface area (Å²) >= 11 is 1.78. The summed E-state index contributed by atoms with van der Waals surface area (Å²) < 4.78 is 10.6. The van der Waals surface area contributed by atoms with Crippen LogP contribution in [0.3, 0.4) is 0 Å². The maximum absolute atomic E-state index is 12.3. The molecule has 4 nitrogen and oxygen atoms in total. The number of benzene rings is 2. The van der Waals surface area contributed by atoms with Crippen LogP contribution in [0.25, 0.3) is 0 Å². The van der Waals surface area contributed by atoms with E-state index >= 15 is 0 Å². The molecule has 0 saturated heterocycles. The Labute approximate surface area is 160 Å². The quantitative estimate of drug-likeness (QED) is 0.619. The lowest BCUT2D eigenvalue weighted by molar-refractivity contribution is -0.121. The summed E-state index contributed by atoms with van der Waals surface area (Å²) in [5.74, 6) is 3.18. The second kappa shape index (κ2) is 10.8. The molecule has 1 unspecified atom stereocenters. The van der Waals surface area contributed by atoms with Gasteiger partial charge in [0.15, 0.2) is 11.5 Å². The SMILES string of the molecule is CCC(NC(=O)CCSCc1ccccc1)c1ccc(OC)c(OC)c1. The van der Waals surface area contributed by atoms with Gasteiger partial charge in [-0.2, -0.15) is 11.8 Å². The van der Waals surface area contributed by atoms with Crippen LogP contribution in [0, 0.1) is 0 Å². The lowest BCUT2D eigenvalue weighted by Crippen LogP contribution is -2.28. The summed E-state index contributed by atoms with van der Waals surface area (Å²) in [7, 11) is 3.23. The van der Waals surface area contributed by atoms with Crippen molar-refractivity contribution in [3.05, 3.63) is 59.7 Å². The van der Waals surface area contributed by atoms with Crippen molar-refractivity contribution in [2.45, 2.75) is 31.6 Å². The van der Waals surface area contributed by atoms with E-state index in [4.69, 9.17) is 9.47 Å². The van der Waals surface area contributed by atoms with Gasteiger partial charge in [-0.1, -0.05) is 43.3 Å². The fourth-order valence-electron chi connectivity index (χ4n) is 2.69. The molecule has 0 spiro atoms.